The van der Waals surface area contributed by atoms with E-state index in [4.69, 9.17) is 9.47 Å². The van der Waals surface area contributed by atoms with E-state index in [-0.39, 0.29) is 17.0 Å². The number of carbonyl (C=O) groups excluding carboxylic acids is 1. The molecule has 1 N–H and O–H groups in total. The summed E-state index contributed by atoms with van der Waals surface area (Å²) < 4.78 is 36.2. The van der Waals surface area contributed by atoms with Crippen LogP contribution in [0.1, 0.15) is 24.2 Å². The first-order valence-electron chi connectivity index (χ1n) is 9.07. The average molecular weight is 430 g/mol. The van der Waals surface area contributed by atoms with E-state index in [1.54, 1.807) is 42.2 Å². The Labute approximate surface area is 174 Å². The van der Waals surface area contributed by atoms with Crippen molar-refractivity contribution in [3.63, 3.8) is 0 Å². The van der Waals surface area contributed by atoms with Gasteiger partial charge in [0.15, 0.2) is 20.7 Å². The van der Waals surface area contributed by atoms with E-state index >= 15 is 0 Å². The standard InChI is InChI=1S/C20H22N4O5S/c1-13(2)28-16-9-14(20(25)22-18-7-8-24(3)23-18)10-17(11-16)29-15-5-6-19(21-12-15)30(4,26)27/h5-13H,1-4H3,(H,22,23,25). The Morgan fingerprint density at radius 2 is 1.83 bits per heavy atom. The number of hydrogen-bond donors (Lipinski definition) is 1. The zero-order valence-electron chi connectivity index (χ0n) is 17.0. The molecule has 3 rings (SSSR count). The van der Waals surface area contributed by atoms with Gasteiger partial charge in [0.05, 0.1) is 12.3 Å². The van der Waals surface area contributed by atoms with E-state index < -0.39 is 9.84 Å². The number of nitrogens with one attached hydrogen (secondary N) is 1. The van der Waals surface area contributed by atoms with Crippen molar-refractivity contribution in [2.45, 2.75) is 25.0 Å². The number of sulfone groups is 1. The Bertz CT molecular complexity index is 1150. The fourth-order valence-corrected chi connectivity index (χ4v) is 3.11. The van der Waals surface area contributed by atoms with Gasteiger partial charge in [-0.15, -0.1) is 0 Å². The minimum Gasteiger partial charge on any atom is -0.491 e. The van der Waals surface area contributed by atoms with E-state index in [1.165, 1.54) is 18.3 Å². The maximum absolute atomic E-state index is 12.7. The second-order valence-electron chi connectivity index (χ2n) is 6.89. The molecule has 158 valence electrons. The number of ether oxygens (including phenoxy) is 2. The van der Waals surface area contributed by atoms with Gasteiger partial charge in [-0.25, -0.2) is 13.4 Å². The van der Waals surface area contributed by atoms with Gasteiger partial charge in [0.1, 0.15) is 17.2 Å². The normalized spacial score (nSPS) is 11.4. The lowest BCUT2D eigenvalue weighted by Crippen LogP contribution is -2.13. The van der Waals surface area contributed by atoms with Crippen molar-refractivity contribution in [1.29, 1.82) is 0 Å². The number of aryl methyl sites for hydroxylation is 1. The lowest BCUT2D eigenvalue weighted by Gasteiger charge is -2.14. The summed E-state index contributed by atoms with van der Waals surface area (Å²) in [6.45, 7) is 3.74. The van der Waals surface area contributed by atoms with Gasteiger partial charge in [-0.05, 0) is 38.1 Å². The topological polar surface area (TPSA) is 112 Å². The number of benzene rings is 1. The number of amides is 1. The van der Waals surface area contributed by atoms with Crippen LogP contribution in [0.4, 0.5) is 5.82 Å². The van der Waals surface area contributed by atoms with Gasteiger partial charge in [0.25, 0.3) is 5.91 Å². The van der Waals surface area contributed by atoms with Crippen LogP contribution in [0.15, 0.2) is 53.8 Å². The molecule has 0 fully saturated rings. The Kier molecular flexibility index (Phi) is 6.06. The number of hydrogen-bond acceptors (Lipinski definition) is 7. The predicted molar refractivity (Wildman–Crippen MR) is 111 cm³/mol. The molecule has 10 heteroatoms. The molecule has 0 aliphatic heterocycles. The number of pyridine rings is 1. The fourth-order valence-electron chi connectivity index (χ4n) is 2.55. The van der Waals surface area contributed by atoms with Gasteiger partial charge >= 0.3 is 0 Å². The van der Waals surface area contributed by atoms with Crippen LogP contribution in [-0.4, -0.2) is 41.4 Å². The predicted octanol–water partition coefficient (Wildman–Crippen LogP) is 3.05. The maximum atomic E-state index is 12.7. The third-order valence-corrected chi connectivity index (χ3v) is 4.80. The summed E-state index contributed by atoms with van der Waals surface area (Å²) in [5.74, 6) is 1.15. The highest BCUT2D eigenvalue weighted by atomic mass is 32.2. The molecule has 2 heterocycles. The van der Waals surface area contributed by atoms with Gasteiger partial charge in [-0.2, -0.15) is 5.10 Å². The minimum atomic E-state index is -3.41. The van der Waals surface area contributed by atoms with Crippen LogP contribution >= 0.6 is 0 Å². The number of carbonyl (C=O) groups is 1. The third-order valence-electron chi connectivity index (χ3n) is 3.79. The van der Waals surface area contributed by atoms with Gasteiger partial charge < -0.3 is 14.8 Å². The number of aromatic nitrogens is 3. The highest BCUT2D eigenvalue weighted by Crippen LogP contribution is 2.28. The van der Waals surface area contributed by atoms with E-state index in [0.717, 1.165) is 6.26 Å². The SMILES string of the molecule is CC(C)Oc1cc(Oc2ccc(S(C)(=O)=O)nc2)cc(C(=O)Nc2ccn(C)n2)c1. The molecule has 0 saturated carbocycles. The molecule has 2 aromatic heterocycles. The zero-order valence-corrected chi connectivity index (χ0v) is 17.8. The number of nitrogens with zero attached hydrogens (tertiary/aromatic N) is 3. The molecule has 0 radical (unpaired) electrons. The monoisotopic (exact) mass is 430 g/mol. The van der Waals surface area contributed by atoms with Crippen LogP contribution < -0.4 is 14.8 Å². The Morgan fingerprint density at radius 3 is 2.40 bits per heavy atom. The Morgan fingerprint density at radius 1 is 1.10 bits per heavy atom. The molecular formula is C20H22N4O5S. The smallest absolute Gasteiger partial charge is 0.257 e. The first-order valence-corrected chi connectivity index (χ1v) is 11.0. The van der Waals surface area contributed by atoms with E-state index in [0.29, 0.717) is 28.6 Å². The zero-order chi connectivity index (χ0) is 21.9. The van der Waals surface area contributed by atoms with Crippen molar-refractivity contribution >= 4 is 21.6 Å². The van der Waals surface area contributed by atoms with E-state index in [2.05, 4.69) is 15.4 Å². The van der Waals surface area contributed by atoms with Crippen LogP contribution in [0.2, 0.25) is 0 Å². The summed E-state index contributed by atoms with van der Waals surface area (Å²) in [6, 6.07) is 9.33. The third kappa shape index (κ3) is 5.57. The first-order chi connectivity index (χ1) is 14.1. The van der Waals surface area contributed by atoms with Gasteiger partial charge in [0, 0.05) is 37.2 Å². The largest absolute Gasteiger partial charge is 0.491 e. The van der Waals surface area contributed by atoms with E-state index in [9.17, 15) is 13.2 Å². The van der Waals surface area contributed by atoms with Gasteiger partial charge in [-0.1, -0.05) is 0 Å². The lowest BCUT2D eigenvalue weighted by molar-refractivity contribution is 0.102. The molecule has 3 aromatic rings. The Hall–Kier alpha value is -3.40. The molecule has 0 saturated heterocycles. The van der Waals surface area contributed by atoms with E-state index in [1.807, 2.05) is 13.8 Å². The summed E-state index contributed by atoms with van der Waals surface area (Å²) in [4.78, 5) is 16.6. The Balaban J connectivity index is 1.87. The van der Waals surface area contributed by atoms with Crippen molar-refractivity contribution in [3.8, 4) is 17.2 Å². The number of anilines is 1. The first kappa shape index (κ1) is 21.3. The van der Waals surface area contributed by atoms with Crippen LogP contribution in [0.3, 0.4) is 0 Å². The molecule has 9 nitrogen and oxygen atoms in total. The molecular weight excluding hydrogens is 408 g/mol. The van der Waals surface area contributed by atoms with Crippen LogP contribution in [-0.2, 0) is 16.9 Å². The molecule has 30 heavy (non-hydrogen) atoms. The molecule has 0 aliphatic rings. The average Bonchev–Trinajstić information content (AvgIpc) is 3.05. The molecule has 1 aromatic carbocycles. The fraction of sp³-hybridized carbons (Fsp3) is 0.250. The molecule has 0 bridgehead atoms. The van der Waals surface area contributed by atoms with Gasteiger partial charge in [0.2, 0.25) is 0 Å². The molecule has 0 atom stereocenters. The van der Waals surface area contributed by atoms with Crippen LogP contribution in [0.25, 0.3) is 0 Å². The molecule has 1 amide bonds. The second-order valence-corrected chi connectivity index (χ2v) is 8.86. The summed E-state index contributed by atoms with van der Waals surface area (Å²) >= 11 is 0. The molecule has 0 unspecified atom stereocenters. The van der Waals surface area contributed by atoms with Crippen molar-refractivity contribution in [3.05, 3.63) is 54.4 Å². The summed E-state index contributed by atoms with van der Waals surface area (Å²) in [5, 5.41) is 6.79. The molecule has 0 spiro atoms. The van der Waals surface area contributed by atoms with Crippen molar-refractivity contribution < 1.29 is 22.7 Å². The molecule has 0 aliphatic carbocycles. The van der Waals surface area contributed by atoms with Crippen molar-refractivity contribution in [2.24, 2.45) is 7.05 Å². The quantitative estimate of drug-likeness (QED) is 0.613. The summed E-state index contributed by atoms with van der Waals surface area (Å²) in [5.41, 5.74) is 0.314. The minimum absolute atomic E-state index is 0.0535. The lowest BCUT2D eigenvalue weighted by atomic mass is 10.2. The highest BCUT2D eigenvalue weighted by molar-refractivity contribution is 7.90. The maximum Gasteiger partial charge on any atom is 0.257 e. The second kappa shape index (κ2) is 8.54. The highest BCUT2D eigenvalue weighted by Gasteiger charge is 2.14. The van der Waals surface area contributed by atoms with Gasteiger partial charge in [-0.3, -0.25) is 9.48 Å². The van der Waals surface area contributed by atoms with Crippen molar-refractivity contribution in [2.75, 3.05) is 11.6 Å². The van der Waals surface area contributed by atoms with Crippen LogP contribution in [0.5, 0.6) is 17.2 Å². The number of rotatable bonds is 7. The van der Waals surface area contributed by atoms with Crippen molar-refractivity contribution in [1.82, 2.24) is 14.8 Å². The van der Waals surface area contributed by atoms with Crippen LogP contribution in [0, 0.1) is 0 Å². The summed E-state index contributed by atoms with van der Waals surface area (Å²) in [7, 11) is -1.65. The summed E-state index contributed by atoms with van der Waals surface area (Å²) in [6.07, 6.45) is 3.99.